The summed E-state index contributed by atoms with van der Waals surface area (Å²) in [6, 6.07) is 25.1. The van der Waals surface area contributed by atoms with Crippen LogP contribution in [-0.4, -0.2) is 48.3 Å². The molecule has 1 aliphatic rings. The summed E-state index contributed by atoms with van der Waals surface area (Å²) >= 11 is 0. The lowest BCUT2D eigenvalue weighted by molar-refractivity contribution is -0.165. The topological polar surface area (TPSA) is 105 Å². The van der Waals surface area contributed by atoms with E-state index in [2.05, 4.69) is 240 Å². The number of esters is 4. The molecule has 0 N–H and O–H groups in total. The van der Waals surface area contributed by atoms with E-state index in [9.17, 15) is 19.2 Å². The molecule has 4 rings (SSSR count). The third-order valence-corrected chi connectivity index (χ3v) is 21.1. The van der Waals surface area contributed by atoms with Crippen LogP contribution in [0.25, 0.3) is 0 Å². The number of ether oxygens (including phenoxy) is 4. The van der Waals surface area contributed by atoms with Crippen molar-refractivity contribution in [1.82, 2.24) is 0 Å². The Kier molecular flexibility index (Phi) is 44.9. The maximum atomic E-state index is 12.0. The van der Waals surface area contributed by atoms with Gasteiger partial charge in [0.2, 0.25) is 0 Å². The number of benzene rings is 3. The van der Waals surface area contributed by atoms with Crippen molar-refractivity contribution in [2.75, 3.05) is 0 Å². The van der Waals surface area contributed by atoms with Gasteiger partial charge in [0.1, 0.15) is 18.3 Å². The Morgan fingerprint density at radius 1 is 0.370 bits per heavy atom. The largest absolute Gasteiger partial charge is 0.463 e. The van der Waals surface area contributed by atoms with E-state index in [1.54, 1.807) is 0 Å². The third kappa shape index (κ3) is 38.9. The van der Waals surface area contributed by atoms with Crippen molar-refractivity contribution in [2.24, 2.45) is 50.7 Å². The van der Waals surface area contributed by atoms with Gasteiger partial charge < -0.3 is 18.9 Å². The molecule has 8 nitrogen and oxygen atoms in total. The molecule has 0 heterocycles. The van der Waals surface area contributed by atoms with Gasteiger partial charge in [-0.25, -0.2) is 0 Å². The average Bonchev–Trinajstić information content (AvgIpc) is 0.806. The Bertz CT molecular complexity index is 2670. The summed E-state index contributed by atoms with van der Waals surface area (Å²) in [4.78, 5) is 46.8. The van der Waals surface area contributed by atoms with E-state index in [0.717, 1.165) is 44.4 Å². The number of hydrogen-bond donors (Lipinski definition) is 0. The Hall–Kier alpha value is -4.46. The van der Waals surface area contributed by atoms with Crippen molar-refractivity contribution in [3.05, 3.63) is 106 Å². The van der Waals surface area contributed by atoms with Gasteiger partial charge in [0.15, 0.2) is 0 Å². The van der Waals surface area contributed by atoms with E-state index in [1.807, 2.05) is 104 Å². The number of rotatable bonds is 21. The SMILES string of the molecule is CCC(C)(C)C(=O)OC(C(C)C)C(C)C.CCC(C)(C)C(=O)OC(C)C.CCC(C)(C)C(=O)OC(C)C(C)C.CCC(C)(C)C(=O)OC1CCC(C(C)(C)C)CC1.CCC(C)c1cc(C(C)(C)C)cc(C(C)(C)C)c1.CCC(C)c1ccc(C(C)(C)C)cc1.CCC(C)c1ccc(C)cc1. The van der Waals surface area contributed by atoms with Crippen LogP contribution in [-0.2, 0) is 54.4 Å². The summed E-state index contributed by atoms with van der Waals surface area (Å²) in [6.07, 6.45) is 11.6. The molecule has 3 aromatic rings. The van der Waals surface area contributed by atoms with Gasteiger partial charge in [-0.3, -0.25) is 19.2 Å². The van der Waals surface area contributed by atoms with Gasteiger partial charge in [-0.05, 0) is 250 Å². The van der Waals surface area contributed by atoms with E-state index in [-0.39, 0.29) is 86.2 Å². The summed E-state index contributed by atoms with van der Waals surface area (Å²) in [5, 5.41) is 0. The maximum absolute atomic E-state index is 12.0. The second kappa shape index (κ2) is 45.0. The highest BCUT2D eigenvalue weighted by molar-refractivity contribution is 5.77. The molecule has 4 unspecified atom stereocenters. The molecule has 0 aliphatic heterocycles. The molecule has 0 aromatic heterocycles. The van der Waals surface area contributed by atoms with E-state index in [1.165, 1.54) is 71.0 Å². The fourth-order valence-corrected chi connectivity index (χ4v) is 9.81. The first-order chi connectivity index (χ1) is 45.3. The molecule has 0 saturated heterocycles. The molecule has 3 aromatic carbocycles. The van der Waals surface area contributed by atoms with Crippen molar-refractivity contribution >= 4 is 23.9 Å². The molecule has 4 atom stereocenters. The summed E-state index contributed by atoms with van der Waals surface area (Å²) in [7, 11) is 0. The molecule has 1 saturated carbocycles. The molecule has 8 heteroatoms. The van der Waals surface area contributed by atoms with Crippen LogP contribution in [0.1, 0.15) is 397 Å². The number of carbonyl (C=O) groups is 4. The Morgan fingerprint density at radius 3 is 0.970 bits per heavy atom. The first-order valence-electron chi connectivity index (χ1n) is 39.5. The fraction of sp³-hybridized carbons (Fsp3) is 0.761. The van der Waals surface area contributed by atoms with Gasteiger partial charge in [0.25, 0.3) is 0 Å². The van der Waals surface area contributed by atoms with E-state index < -0.39 is 0 Å². The second-order valence-electron chi connectivity index (χ2n) is 37.4. The van der Waals surface area contributed by atoms with Gasteiger partial charge in [-0.15, -0.1) is 0 Å². The monoisotopic (exact) mass is 1400 g/mol. The van der Waals surface area contributed by atoms with E-state index in [0.29, 0.717) is 40.9 Å². The third-order valence-electron chi connectivity index (χ3n) is 21.1. The van der Waals surface area contributed by atoms with Crippen LogP contribution in [0.3, 0.4) is 0 Å². The van der Waals surface area contributed by atoms with Crippen LogP contribution in [0, 0.1) is 57.7 Å². The smallest absolute Gasteiger partial charge is 0.311 e. The molecule has 0 spiro atoms. The van der Waals surface area contributed by atoms with Gasteiger partial charge in [-0.1, -0.05) is 266 Å². The quantitative estimate of drug-likeness (QED) is 0.0767. The van der Waals surface area contributed by atoms with Crippen LogP contribution < -0.4 is 0 Å². The maximum Gasteiger partial charge on any atom is 0.311 e. The van der Waals surface area contributed by atoms with Crippen LogP contribution in [0.4, 0.5) is 0 Å². The van der Waals surface area contributed by atoms with Crippen LogP contribution in [0.15, 0.2) is 66.7 Å². The zero-order valence-electron chi connectivity index (χ0n) is 73.2. The molecule has 100 heavy (non-hydrogen) atoms. The van der Waals surface area contributed by atoms with E-state index >= 15 is 0 Å². The highest BCUT2D eigenvalue weighted by Gasteiger charge is 2.36. The molecular weight excluding hydrogens is 1230 g/mol. The zero-order chi connectivity index (χ0) is 79.1. The molecule has 1 fully saturated rings. The molecule has 1 aliphatic carbocycles. The molecule has 0 radical (unpaired) electrons. The van der Waals surface area contributed by atoms with Crippen LogP contribution >= 0.6 is 0 Å². The minimum atomic E-state index is -0.359. The second-order valence-corrected chi connectivity index (χ2v) is 37.4. The van der Waals surface area contributed by atoms with Crippen molar-refractivity contribution < 1.29 is 38.1 Å². The van der Waals surface area contributed by atoms with Crippen molar-refractivity contribution in [1.29, 1.82) is 0 Å². The number of carbonyl (C=O) groups excluding carboxylic acids is 4. The Balaban J connectivity index is -0.00000111. The first-order valence-corrected chi connectivity index (χ1v) is 39.5. The average molecular weight is 1400 g/mol. The normalized spacial score (nSPS) is 15.8. The first kappa shape index (κ1) is 99.7. The summed E-state index contributed by atoms with van der Waals surface area (Å²) < 4.78 is 21.7. The van der Waals surface area contributed by atoms with Gasteiger partial charge in [-0.2, -0.15) is 0 Å². The number of aryl methyl sites for hydroxylation is 1. The number of hydrogen-bond acceptors (Lipinski definition) is 8. The lowest BCUT2D eigenvalue weighted by Crippen LogP contribution is -2.35. The highest BCUT2D eigenvalue weighted by Crippen LogP contribution is 2.40. The Morgan fingerprint density at radius 2 is 0.680 bits per heavy atom. The molecule has 0 amide bonds. The minimum Gasteiger partial charge on any atom is -0.463 e. The summed E-state index contributed by atoms with van der Waals surface area (Å²) in [5.41, 5.74) is 9.85. The van der Waals surface area contributed by atoms with Crippen LogP contribution in [0.5, 0.6) is 0 Å². The lowest BCUT2D eigenvalue weighted by atomic mass is 9.72. The lowest BCUT2D eigenvalue weighted by Gasteiger charge is -2.37. The predicted molar refractivity (Wildman–Crippen MR) is 435 cm³/mol. The predicted octanol–water partition coefficient (Wildman–Crippen LogP) is 27.4. The fourth-order valence-electron chi connectivity index (χ4n) is 9.81. The molecule has 580 valence electrons. The van der Waals surface area contributed by atoms with Crippen molar-refractivity contribution in [3.8, 4) is 0 Å². The zero-order valence-corrected chi connectivity index (χ0v) is 73.2. The highest BCUT2D eigenvalue weighted by atomic mass is 16.6. The molecular formula is C92H164O8. The summed E-state index contributed by atoms with van der Waals surface area (Å²) in [6.45, 7) is 84.9. The van der Waals surface area contributed by atoms with Crippen molar-refractivity contribution in [3.63, 3.8) is 0 Å². The van der Waals surface area contributed by atoms with Crippen LogP contribution in [0.2, 0.25) is 0 Å². The van der Waals surface area contributed by atoms with Gasteiger partial charge >= 0.3 is 23.9 Å². The van der Waals surface area contributed by atoms with Gasteiger partial charge in [0, 0.05) is 0 Å². The van der Waals surface area contributed by atoms with Gasteiger partial charge in [0.05, 0.1) is 27.8 Å². The minimum absolute atomic E-state index is 0.00618. The van der Waals surface area contributed by atoms with Crippen molar-refractivity contribution in [2.45, 2.75) is 406 Å². The summed E-state index contributed by atoms with van der Waals surface area (Å²) in [5.74, 6) is 3.66. The van der Waals surface area contributed by atoms with E-state index in [4.69, 9.17) is 18.9 Å². The Labute approximate surface area is 621 Å². The molecule has 0 bridgehead atoms. The standard InChI is InChI=1S/C18H30.C16H30O2.C14H22.C13H26O2.C11H22O2.C11H16.C9H18O2/c1-9-13(2)14-10-15(17(3,4)5)12-16(11-14)18(6,7)8;1-7-16(5,6)14(17)18-13-10-8-12(9-11-13)15(2,3)4;1-6-11(2)12-7-9-13(10-8-12)14(3,4)5;1-8-13(6,7)12(14)15-11(9(2)3)10(4)5;1-7-11(5,6)10(12)13-9(4)8(2)3;1-4-10(3)11-7-5-9(2)6-8-11;1-6-9(4,5)8(10)11-7(2)3/h10-13H,9H2,1-8H3;12-13H,7-11H2,1-6H3;7-11H,6H2,1-5H3;9-11H,8H2,1-7H3;8-9H,7H2,1-6H3;5-8,10H,4H2,1-3H3;7H,6H2,1-5H3.